The average molecular weight is 399 g/mol. The van der Waals surface area contributed by atoms with Crippen molar-refractivity contribution in [1.82, 2.24) is 19.6 Å². The summed E-state index contributed by atoms with van der Waals surface area (Å²) in [6.07, 6.45) is 2.31. The average Bonchev–Trinajstić information content (AvgIpc) is 3.32. The van der Waals surface area contributed by atoms with Gasteiger partial charge >= 0.3 is 0 Å². The third-order valence-corrected chi connectivity index (χ3v) is 5.94. The molecule has 0 unspecified atom stereocenters. The van der Waals surface area contributed by atoms with Crippen LogP contribution in [0.3, 0.4) is 0 Å². The molecule has 0 N–H and O–H groups in total. The molecule has 0 bridgehead atoms. The van der Waals surface area contributed by atoms with Gasteiger partial charge in [0, 0.05) is 31.9 Å². The van der Waals surface area contributed by atoms with Crippen LogP contribution in [-0.4, -0.2) is 64.4 Å². The third-order valence-electron chi connectivity index (χ3n) is 5.94. The van der Waals surface area contributed by atoms with E-state index in [4.69, 9.17) is 9.47 Å². The Morgan fingerprint density at radius 3 is 2.76 bits per heavy atom. The second-order valence-electron chi connectivity index (χ2n) is 7.88. The molecule has 4 rings (SSSR count). The molecule has 1 fully saturated rings. The zero-order valence-electron chi connectivity index (χ0n) is 17.6. The minimum Gasteiger partial charge on any atom is -0.486 e. The van der Waals surface area contributed by atoms with Crippen molar-refractivity contribution in [2.75, 3.05) is 32.8 Å². The van der Waals surface area contributed by atoms with Gasteiger partial charge in [-0.05, 0) is 56.6 Å². The van der Waals surface area contributed by atoms with E-state index in [9.17, 15) is 4.79 Å². The van der Waals surface area contributed by atoms with Crippen molar-refractivity contribution in [3.63, 3.8) is 0 Å². The number of carbonyl (C=O) groups is 1. The largest absolute Gasteiger partial charge is 0.486 e. The number of rotatable bonds is 6. The van der Waals surface area contributed by atoms with Gasteiger partial charge in [0.25, 0.3) is 5.91 Å². The van der Waals surface area contributed by atoms with E-state index in [1.165, 1.54) is 6.42 Å². The van der Waals surface area contributed by atoms with Crippen molar-refractivity contribution < 1.29 is 14.3 Å². The van der Waals surface area contributed by atoms with Crippen LogP contribution in [0.25, 0.3) is 0 Å². The number of aromatic nitrogens is 2. The summed E-state index contributed by atoms with van der Waals surface area (Å²) in [4.78, 5) is 17.8. The Bertz CT molecular complexity index is 859. The van der Waals surface area contributed by atoms with E-state index in [0.717, 1.165) is 42.3 Å². The number of hydrogen-bond acceptors (Lipinski definition) is 5. The summed E-state index contributed by atoms with van der Waals surface area (Å²) in [7, 11) is 1.87. The Morgan fingerprint density at radius 1 is 1.24 bits per heavy atom. The minimum atomic E-state index is -0.0217. The zero-order valence-corrected chi connectivity index (χ0v) is 17.6. The number of benzene rings is 1. The second-order valence-corrected chi connectivity index (χ2v) is 7.88. The van der Waals surface area contributed by atoms with Crippen LogP contribution in [0.2, 0.25) is 0 Å². The van der Waals surface area contributed by atoms with Crippen LogP contribution in [0.5, 0.6) is 11.5 Å². The topological polar surface area (TPSA) is 59.8 Å². The van der Waals surface area contributed by atoms with Gasteiger partial charge in [-0.2, -0.15) is 5.10 Å². The van der Waals surface area contributed by atoms with Crippen LogP contribution in [0.1, 0.15) is 41.5 Å². The Kier molecular flexibility index (Phi) is 5.76. The lowest BCUT2D eigenvalue weighted by molar-refractivity contribution is 0.0685. The highest BCUT2D eigenvalue weighted by atomic mass is 16.6. The van der Waals surface area contributed by atoms with Gasteiger partial charge in [-0.15, -0.1) is 0 Å². The molecule has 7 heteroatoms. The first-order chi connectivity index (χ1) is 14.0. The Hall–Kier alpha value is -2.54. The van der Waals surface area contributed by atoms with E-state index in [-0.39, 0.29) is 5.91 Å². The molecule has 3 heterocycles. The predicted octanol–water partition coefficient (Wildman–Crippen LogP) is 2.63. The third kappa shape index (κ3) is 4.24. The van der Waals surface area contributed by atoms with Crippen molar-refractivity contribution in [3.8, 4) is 11.5 Å². The quantitative estimate of drug-likeness (QED) is 0.749. The first-order valence-corrected chi connectivity index (χ1v) is 10.5. The van der Waals surface area contributed by atoms with E-state index in [1.807, 2.05) is 43.1 Å². The van der Waals surface area contributed by atoms with Crippen LogP contribution < -0.4 is 9.47 Å². The predicted molar refractivity (Wildman–Crippen MR) is 110 cm³/mol. The smallest absolute Gasteiger partial charge is 0.274 e. The number of likely N-dealkylation sites (tertiary alicyclic amines) is 1. The molecule has 1 atom stereocenters. The van der Waals surface area contributed by atoms with E-state index in [1.54, 1.807) is 4.68 Å². The summed E-state index contributed by atoms with van der Waals surface area (Å²) in [5.41, 5.74) is 2.52. The van der Waals surface area contributed by atoms with Crippen LogP contribution in [0.15, 0.2) is 24.3 Å². The summed E-state index contributed by atoms with van der Waals surface area (Å²) in [5.74, 6) is 1.50. The lowest BCUT2D eigenvalue weighted by Gasteiger charge is -2.30. The highest BCUT2D eigenvalue weighted by Gasteiger charge is 2.29. The molecule has 1 aromatic carbocycles. The van der Waals surface area contributed by atoms with Gasteiger partial charge in [0.2, 0.25) is 0 Å². The number of nitrogens with zero attached hydrogens (tertiary/aromatic N) is 4. The van der Waals surface area contributed by atoms with Crippen LogP contribution in [-0.2, 0) is 13.6 Å². The fourth-order valence-corrected chi connectivity index (χ4v) is 4.23. The van der Waals surface area contributed by atoms with Gasteiger partial charge in [0.15, 0.2) is 17.2 Å². The molecule has 0 aliphatic carbocycles. The Balaban J connectivity index is 1.58. The number of ether oxygens (including phenoxy) is 2. The van der Waals surface area contributed by atoms with Crippen LogP contribution in [0, 0.1) is 6.92 Å². The first-order valence-electron chi connectivity index (χ1n) is 10.5. The molecule has 2 aromatic rings. The normalized spacial score (nSPS) is 18.8. The van der Waals surface area contributed by atoms with Crippen molar-refractivity contribution in [2.24, 2.45) is 7.05 Å². The van der Waals surface area contributed by atoms with Gasteiger partial charge in [-0.25, -0.2) is 0 Å². The lowest BCUT2D eigenvalue weighted by Crippen LogP contribution is -2.42. The molecule has 1 aromatic heterocycles. The molecular formula is C22H30N4O3. The molecule has 0 radical (unpaired) electrons. The summed E-state index contributed by atoms with van der Waals surface area (Å²) in [6, 6.07) is 8.21. The molecule has 0 saturated carbocycles. The molecule has 0 spiro atoms. The second kappa shape index (κ2) is 8.45. The van der Waals surface area contributed by atoms with Crippen molar-refractivity contribution in [3.05, 3.63) is 41.2 Å². The van der Waals surface area contributed by atoms with Crippen LogP contribution in [0.4, 0.5) is 0 Å². The van der Waals surface area contributed by atoms with Crippen LogP contribution >= 0.6 is 0 Å². The molecular weight excluding hydrogens is 368 g/mol. The molecule has 2 aliphatic heterocycles. The maximum Gasteiger partial charge on any atom is 0.274 e. The molecule has 29 heavy (non-hydrogen) atoms. The Morgan fingerprint density at radius 2 is 2.03 bits per heavy atom. The molecule has 7 nitrogen and oxygen atoms in total. The van der Waals surface area contributed by atoms with E-state index in [0.29, 0.717) is 38.0 Å². The number of amides is 1. The van der Waals surface area contributed by atoms with E-state index >= 15 is 0 Å². The number of likely N-dealkylation sites (N-methyl/N-ethyl adjacent to an activating group) is 1. The van der Waals surface area contributed by atoms with Gasteiger partial charge in [-0.3, -0.25) is 14.4 Å². The van der Waals surface area contributed by atoms with E-state index in [2.05, 4.69) is 16.9 Å². The fraction of sp³-hybridized carbons (Fsp3) is 0.545. The number of aryl methyl sites for hydroxylation is 2. The zero-order chi connectivity index (χ0) is 20.4. The first kappa shape index (κ1) is 19.8. The standard InChI is InChI=1S/C22H30N4O3/c1-4-25-9-5-6-18(25)15-26(22(27)19-12-16(2)24(3)23-19)14-17-7-8-20-21(13-17)29-11-10-28-20/h7-8,12-13,18H,4-6,9-11,14-15H2,1-3H3/t18-/m0/s1. The summed E-state index contributed by atoms with van der Waals surface area (Å²) >= 11 is 0. The lowest BCUT2D eigenvalue weighted by atomic mass is 10.1. The van der Waals surface area contributed by atoms with Gasteiger partial charge in [-0.1, -0.05) is 13.0 Å². The molecule has 1 amide bonds. The highest BCUT2D eigenvalue weighted by Crippen LogP contribution is 2.31. The summed E-state index contributed by atoms with van der Waals surface area (Å²) in [5, 5.41) is 4.42. The monoisotopic (exact) mass is 398 g/mol. The fourth-order valence-electron chi connectivity index (χ4n) is 4.23. The minimum absolute atomic E-state index is 0.0217. The molecule has 1 saturated heterocycles. The van der Waals surface area contributed by atoms with Crippen molar-refractivity contribution in [1.29, 1.82) is 0 Å². The van der Waals surface area contributed by atoms with Crippen molar-refractivity contribution in [2.45, 2.75) is 39.3 Å². The number of carbonyl (C=O) groups excluding carboxylic acids is 1. The summed E-state index contributed by atoms with van der Waals surface area (Å²) < 4.78 is 13.1. The van der Waals surface area contributed by atoms with Gasteiger partial charge in [0.1, 0.15) is 13.2 Å². The maximum atomic E-state index is 13.4. The van der Waals surface area contributed by atoms with Gasteiger partial charge < -0.3 is 14.4 Å². The SMILES string of the molecule is CCN1CCC[C@H]1CN(Cc1ccc2c(c1)OCCO2)C(=O)c1cc(C)n(C)n1. The maximum absolute atomic E-state index is 13.4. The summed E-state index contributed by atoms with van der Waals surface area (Å²) in [6.45, 7) is 8.63. The number of hydrogen-bond donors (Lipinski definition) is 0. The molecule has 2 aliphatic rings. The van der Waals surface area contributed by atoms with Gasteiger partial charge in [0.05, 0.1) is 0 Å². The molecule has 156 valence electrons. The highest BCUT2D eigenvalue weighted by molar-refractivity contribution is 5.92. The number of fused-ring (bicyclic) bond motifs is 1. The van der Waals surface area contributed by atoms with Crippen molar-refractivity contribution >= 4 is 5.91 Å². The Labute approximate surface area is 172 Å². The van der Waals surface area contributed by atoms with E-state index < -0.39 is 0 Å².